The molecule has 2 aliphatic carbocycles. The van der Waals surface area contributed by atoms with Gasteiger partial charge in [0.05, 0.1) is 25.9 Å². The molecule has 0 spiro atoms. The van der Waals surface area contributed by atoms with Gasteiger partial charge in [0, 0.05) is 11.3 Å². The van der Waals surface area contributed by atoms with E-state index in [4.69, 9.17) is 13.6 Å². The van der Waals surface area contributed by atoms with Crippen molar-refractivity contribution in [1.82, 2.24) is 0 Å². The zero-order valence-electron chi connectivity index (χ0n) is 24.4. The van der Waals surface area contributed by atoms with Gasteiger partial charge in [0.2, 0.25) is 0 Å². The first-order valence-electron chi connectivity index (χ1n) is 15.2. The van der Waals surface area contributed by atoms with Crippen LogP contribution in [-0.4, -0.2) is 31.0 Å². The van der Waals surface area contributed by atoms with Gasteiger partial charge < -0.3 is 5.11 Å². The molecule has 0 heterocycles. The number of fused-ring (bicyclic) bond motifs is 1. The first kappa shape index (κ1) is 30.9. The van der Waals surface area contributed by atoms with Crippen molar-refractivity contribution in [3.05, 3.63) is 83.9 Å². The van der Waals surface area contributed by atoms with Crippen LogP contribution in [0, 0.1) is 11.3 Å². The number of aliphatic hydroxyl groups excluding tert-OH is 1. The molecule has 2 unspecified atom stereocenters. The molecule has 5 nitrogen and oxygen atoms in total. The lowest BCUT2D eigenvalue weighted by Crippen LogP contribution is -2.29. The number of allylic oxidation sites excluding steroid dienone is 3. The van der Waals surface area contributed by atoms with Crippen molar-refractivity contribution in [1.29, 1.82) is 0 Å². The second-order valence-corrected chi connectivity index (χ2v) is 12.7. The van der Waals surface area contributed by atoms with E-state index >= 15 is 0 Å². The summed E-state index contributed by atoms with van der Waals surface area (Å²) in [7, 11) is -3.40. The largest absolute Gasteiger partial charge is 0.474 e. The molecule has 0 bridgehead atoms. The smallest absolute Gasteiger partial charge is 0.393 e. The highest BCUT2D eigenvalue weighted by Gasteiger charge is 2.56. The van der Waals surface area contributed by atoms with Crippen LogP contribution in [0.1, 0.15) is 89.2 Å². The lowest BCUT2D eigenvalue weighted by molar-refractivity contribution is 0.119. The van der Waals surface area contributed by atoms with Crippen molar-refractivity contribution in [2.24, 2.45) is 11.3 Å². The van der Waals surface area contributed by atoms with E-state index in [9.17, 15) is 9.67 Å². The molecule has 0 radical (unpaired) electrons. The maximum Gasteiger partial charge on any atom is 0.474 e. The van der Waals surface area contributed by atoms with Crippen LogP contribution in [-0.2, 0) is 18.1 Å². The predicted octanol–water partition coefficient (Wildman–Crippen LogP) is 9.24. The molecule has 218 valence electrons. The summed E-state index contributed by atoms with van der Waals surface area (Å²) < 4.78 is 28.2. The predicted molar refractivity (Wildman–Crippen MR) is 164 cm³/mol. The molecular formula is C34H47O5P. The van der Waals surface area contributed by atoms with Crippen LogP contribution < -0.4 is 0 Å². The Bertz CT molecular complexity index is 1150. The lowest BCUT2D eigenvalue weighted by atomic mass is 9.66. The molecule has 4 rings (SSSR count). The first-order chi connectivity index (χ1) is 19.4. The van der Waals surface area contributed by atoms with Crippen LogP contribution in [0.25, 0.3) is 11.1 Å². The Morgan fingerprint density at radius 2 is 1.50 bits per heavy atom. The molecule has 0 aliphatic heterocycles. The SMILES string of the molecule is C=C(c1ccccc1)[C@@]12CCC(O)C1CC(CCCCCCCCOP(=O)(OCC)OCC)=C2c1ccccc1. The highest BCUT2D eigenvalue weighted by molar-refractivity contribution is 7.48. The third-order valence-corrected chi connectivity index (χ3v) is 10.3. The van der Waals surface area contributed by atoms with Crippen LogP contribution in [0.4, 0.5) is 0 Å². The Hall–Kier alpha value is -2.01. The van der Waals surface area contributed by atoms with E-state index in [0.717, 1.165) is 63.4 Å². The second kappa shape index (κ2) is 14.8. The van der Waals surface area contributed by atoms with E-state index in [2.05, 4.69) is 67.2 Å². The number of hydrogen-bond acceptors (Lipinski definition) is 5. The number of rotatable bonds is 17. The maximum atomic E-state index is 12.4. The standard InChI is InChI=1S/C34H47O5P/c1-4-37-40(36,38-5-2)39-25-17-9-7-6-8-12-22-30-26-31-32(35)23-24-34(31,27(3)28-18-13-10-14-19-28)33(30)29-20-15-11-16-21-29/h10-11,13-16,18-21,31-32,35H,3-9,12,17,22-26H2,1-2H3/t31?,32?,34-/m0/s1. The quantitative estimate of drug-likeness (QED) is 0.153. The van der Waals surface area contributed by atoms with Gasteiger partial charge >= 0.3 is 7.82 Å². The molecule has 1 fully saturated rings. The number of phosphoric ester groups is 1. The van der Waals surface area contributed by atoms with Crippen LogP contribution in [0.5, 0.6) is 0 Å². The van der Waals surface area contributed by atoms with E-state index in [1.54, 1.807) is 13.8 Å². The van der Waals surface area contributed by atoms with Crippen LogP contribution in [0.3, 0.4) is 0 Å². The highest BCUT2D eigenvalue weighted by Crippen LogP contribution is 2.66. The number of phosphoric acid groups is 1. The van der Waals surface area contributed by atoms with Crippen molar-refractivity contribution in [3.63, 3.8) is 0 Å². The van der Waals surface area contributed by atoms with E-state index in [1.165, 1.54) is 28.7 Å². The molecular weight excluding hydrogens is 519 g/mol. The van der Waals surface area contributed by atoms with Crippen molar-refractivity contribution in [2.75, 3.05) is 19.8 Å². The minimum absolute atomic E-state index is 0.190. The van der Waals surface area contributed by atoms with Crippen LogP contribution >= 0.6 is 7.82 Å². The summed E-state index contributed by atoms with van der Waals surface area (Å²) in [5.74, 6) is 0.190. The summed E-state index contributed by atoms with van der Waals surface area (Å²) in [6.45, 7) is 9.25. The third-order valence-electron chi connectivity index (χ3n) is 8.62. The average Bonchev–Trinajstić information content (AvgIpc) is 3.47. The van der Waals surface area contributed by atoms with Gasteiger partial charge in [0.25, 0.3) is 0 Å². The summed E-state index contributed by atoms with van der Waals surface area (Å²) in [6.07, 6.45) is 9.97. The van der Waals surface area contributed by atoms with Gasteiger partial charge in [-0.1, -0.05) is 98.5 Å². The van der Waals surface area contributed by atoms with Crippen molar-refractivity contribution >= 4 is 19.0 Å². The Labute approximate surface area is 241 Å². The molecule has 1 saturated carbocycles. The van der Waals surface area contributed by atoms with Crippen molar-refractivity contribution in [2.45, 2.75) is 84.2 Å². The summed E-state index contributed by atoms with van der Waals surface area (Å²) >= 11 is 0. The third kappa shape index (κ3) is 7.06. The molecule has 2 aliphatic rings. The number of benzene rings is 2. The van der Waals surface area contributed by atoms with Gasteiger partial charge in [-0.15, -0.1) is 0 Å². The van der Waals surface area contributed by atoms with Crippen molar-refractivity contribution < 1.29 is 23.2 Å². The van der Waals surface area contributed by atoms with Gasteiger partial charge in [-0.2, -0.15) is 0 Å². The van der Waals surface area contributed by atoms with E-state index in [1.807, 2.05) is 0 Å². The second-order valence-electron chi connectivity index (χ2n) is 11.1. The van der Waals surface area contributed by atoms with Gasteiger partial charge in [-0.25, -0.2) is 4.57 Å². The van der Waals surface area contributed by atoms with Crippen LogP contribution in [0.15, 0.2) is 72.8 Å². The average molecular weight is 567 g/mol. The van der Waals surface area contributed by atoms with Gasteiger partial charge in [-0.3, -0.25) is 13.6 Å². The molecule has 40 heavy (non-hydrogen) atoms. The van der Waals surface area contributed by atoms with E-state index in [0.29, 0.717) is 19.8 Å². The molecule has 0 saturated heterocycles. The Kier molecular flexibility index (Phi) is 11.4. The van der Waals surface area contributed by atoms with E-state index < -0.39 is 7.82 Å². The van der Waals surface area contributed by atoms with Gasteiger partial charge in [0.1, 0.15) is 0 Å². The lowest BCUT2D eigenvalue weighted by Gasteiger charge is -2.37. The zero-order valence-corrected chi connectivity index (χ0v) is 25.2. The summed E-state index contributed by atoms with van der Waals surface area (Å²) in [5, 5.41) is 11.2. The fraction of sp³-hybridized carbons (Fsp3) is 0.529. The molecule has 2 aromatic rings. The summed E-state index contributed by atoms with van der Waals surface area (Å²) in [4.78, 5) is 0. The summed E-state index contributed by atoms with van der Waals surface area (Å²) in [5.41, 5.74) is 6.34. The Morgan fingerprint density at radius 1 is 0.900 bits per heavy atom. The Morgan fingerprint density at radius 3 is 2.15 bits per heavy atom. The number of hydrogen-bond donors (Lipinski definition) is 1. The van der Waals surface area contributed by atoms with Crippen molar-refractivity contribution in [3.8, 4) is 0 Å². The fourth-order valence-electron chi connectivity index (χ4n) is 6.86. The Balaban J connectivity index is 1.37. The zero-order chi connectivity index (χ0) is 28.4. The van der Waals surface area contributed by atoms with Gasteiger partial charge in [0.15, 0.2) is 0 Å². The normalized spacial score (nSPS) is 22.6. The fourth-order valence-corrected chi connectivity index (χ4v) is 8.07. The molecule has 1 N–H and O–H groups in total. The minimum Gasteiger partial charge on any atom is -0.393 e. The molecule has 6 heteroatoms. The minimum atomic E-state index is -3.40. The topological polar surface area (TPSA) is 65.0 Å². The van der Waals surface area contributed by atoms with E-state index in [-0.39, 0.29) is 17.4 Å². The summed E-state index contributed by atoms with van der Waals surface area (Å²) in [6, 6.07) is 21.4. The number of aliphatic hydroxyl groups is 1. The molecule has 2 aromatic carbocycles. The van der Waals surface area contributed by atoms with Gasteiger partial charge in [-0.05, 0) is 74.6 Å². The first-order valence-corrected chi connectivity index (χ1v) is 16.7. The number of unbranched alkanes of at least 4 members (excludes halogenated alkanes) is 5. The molecule has 0 amide bonds. The maximum absolute atomic E-state index is 12.4. The molecule has 3 atom stereocenters. The highest BCUT2D eigenvalue weighted by atomic mass is 31.2. The van der Waals surface area contributed by atoms with Crippen LogP contribution in [0.2, 0.25) is 0 Å². The molecule has 0 aromatic heterocycles. The monoisotopic (exact) mass is 566 g/mol.